The second kappa shape index (κ2) is 7.86. The predicted octanol–water partition coefficient (Wildman–Crippen LogP) is 5.30. The quantitative estimate of drug-likeness (QED) is 0.713. The van der Waals surface area contributed by atoms with Gasteiger partial charge in [-0.1, -0.05) is 38.2 Å². The summed E-state index contributed by atoms with van der Waals surface area (Å²) >= 11 is 5.91. The van der Waals surface area contributed by atoms with Gasteiger partial charge in [0, 0.05) is 30.2 Å². The third-order valence-corrected chi connectivity index (χ3v) is 7.26. The van der Waals surface area contributed by atoms with E-state index in [9.17, 15) is 0 Å². The molecule has 3 fully saturated rings. The lowest BCUT2D eigenvalue weighted by atomic mass is 9.91. The molecule has 3 aliphatic rings. The number of rotatable bonds is 4. The van der Waals surface area contributed by atoms with E-state index in [1.807, 2.05) is 12.3 Å². The molecule has 0 spiro atoms. The first-order chi connectivity index (χ1) is 13.8. The number of hydrogen-bond donors (Lipinski definition) is 1. The maximum atomic E-state index is 5.91. The van der Waals surface area contributed by atoms with Crippen molar-refractivity contribution in [2.45, 2.75) is 82.0 Å². The molecule has 2 atom stereocenters. The molecule has 5 heteroatoms. The van der Waals surface area contributed by atoms with Crippen molar-refractivity contribution in [1.29, 1.82) is 0 Å². The molecule has 2 aliphatic carbocycles. The Morgan fingerprint density at radius 2 is 1.64 bits per heavy atom. The fourth-order valence-electron chi connectivity index (χ4n) is 5.61. The molecule has 1 aliphatic heterocycles. The average molecular weight is 395 g/mol. The summed E-state index contributed by atoms with van der Waals surface area (Å²) in [6.07, 6.45) is 16.0. The molecule has 3 heterocycles. The Bertz CT molecular complexity index is 805. The summed E-state index contributed by atoms with van der Waals surface area (Å²) in [5.74, 6) is 0. The first-order valence-corrected chi connectivity index (χ1v) is 11.4. The Kier molecular flexibility index (Phi) is 5.10. The van der Waals surface area contributed by atoms with E-state index in [4.69, 9.17) is 17.2 Å². The highest BCUT2D eigenvalue weighted by atomic mass is 32.1. The molecular weight excluding hydrogens is 364 g/mol. The van der Waals surface area contributed by atoms with Crippen LogP contribution in [0.1, 0.15) is 87.3 Å². The second-order valence-corrected chi connectivity index (χ2v) is 8.99. The highest BCUT2D eigenvalue weighted by molar-refractivity contribution is 7.80. The third kappa shape index (κ3) is 3.24. The van der Waals surface area contributed by atoms with Crippen LogP contribution in [-0.2, 0) is 0 Å². The van der Waals surface area contributed by atoms with E-state index in [-0.39, 0.29) is 12.1 Å². The van der Waals surface area contributed by atoms with Crippen LogP contribution in [0.3, 0.4) is 0 Å². The number of nitrogens with one attached hydrogen (secondary N) is 1. The lowest BCUT2D eigenvalue weighted by Crippen LogP contribution is -2.41. The molecule has 28 heavy (non-hydrogen) atoms. The first kappa shape index (κ1) is 18.2. The van der Waals surface area contributed by atoms with E-state index in [1.54, 1.807) is 0 Å². The van der Waals surface area contributed by atoms with Crippen LogP contribution in [0.5, 0.6) is 0 Å². The highest BCUT2D eigenvalue weighted by Gasteiger charge is 2.44. The van der Waals surface area contributed by atoms with Gasteiger partial charge in [-0.15, -0.1) is 0 Å². The molecular formula is C23H30N4S. The molecule has 0 amide bonds. The molecule has 0 bridgehead atoms. The third-order valence-electron chi connectivity index (χ3n) is 6.94. The fraction of sp³-hybridized carbons (Fsp3) is 0.565. The number of thiocarbonyl (C=S) groups is 1. The summed E-state index contributed by atoms with van der Waals surface area (Å²) in [7, 11) is 0. The summed E-state index contributed by atoms with van der Waals surface area (Å²) in [6.45, 7) is 0. The van der Waals surface area contributed by atoms with Gasteiger partial charge in [-0.2, -0.15) is 0 Å². The SMILES string of the molecule is S=C1N[C@@H](c2ccccn2)[C@H](c2cccn2C2CCCC2)N1C1CCCCC1. The minimum Gasteiger partial charge on any atom is -0.352 e. The predicted molar refractivity (Wildman–Crippen MR) is 116 cm³/mol. The lowest BCUT2D eigenvalue weighted by molar-refractivity contribution is 0.189. The standard InChI is InChI=1S/C23H30N4S/c28-23-25-21(19-13-6-7-15-24-19)22(27(23)18-11-2-1-3-12-18)20-14-8-16-26(20)17-9-4-5-10-17/h6-8,13-18,21-22H,1-5,9-12H2,(H,25,28)/t21-,22-/m0/s1. The van der Waals surface area contributed by atoms with Crippen LogP contribution in [0.15, 0.2) is 42.7 Å². The van der Waals surface area contributed by atoms with Crippen molar-refractivity contribution in [3.05, 3.63) is 54.1 Å². The maximum Gasteiger partial charge on any atom is 0.170 e. The molecule has 148 valence electrons. The molecule has 0 unspecified atom stereocenters. The van der Waals surface area contributed by atoms with Gasteiger partial charge in [-0.25, -0.2) is 0 Å². The number of pyridine rings is 1. The smallest absolute Gasteiger partial charge is 0.170 e. The van der Waals surface area contributed by atoms with Gasteiger partial charge in [0.2, 0.25) is 0 Å². The van der Waals surface area contributed by atoms with E-state index in [0.29, 0.717) is 12.1 Å². The van der Waals surface area contributed by atoms with E-state index >= 15 is 0 Å². The van der Waals surface area contributed by atoms with E-state index in [2.05, 4.69) is 45.2 Å². The van der Waals surface area contributed by atoms with Gasteiger partial charge >= 0.3 is 0 Å². The number of nitrogens with zero attached hydrogens (tertiary/aromatic N) is 3. The molecule has 0 aromatic carbocycles. The normalized spacial score (nSPS) is 26.7. The molecule has 0 radical (unpaired) electrons. The zero-order valence-electron chi connectivity index (χ0n) is 16.5. The highest BCUT2D eigenvalue weighted by Crippen LogP contribution is 2.44. The van der Waals surface area contributed by atoms with Crippen LogP contribution < -0.4 is 5.32 Å². The van der Waals surface area contributed by atoms with Crippen LogP contribution in [0.4, 0.5) is 0 Å². The Morgan fingerprint density at radius 3 is 2.39 bits per heavy atom. The second-order valence-electron chi connectivity index (χ2n) is 8.60. The Balaban J connectivity index is 1.56. The van der Waals surface area contributed by atoms with Gasteiger partial charge in [0.1, 0.15) is 0 Å². The Morgan fingerprint density at radius 1 is 0.893 bits per heavy atom. The minimum absolute atomic E-state index is 0.116. The monoisotopic (exact) mass is 394 g/mol. The zero-order valence-corrected chi connectivity index (χ0v) is 17.3. The van der Waals surface area contributed by atoms with Crippen LogP contribution in [0, 0.1) is 0 Å². The zero-order chi connectivity index (χ0) is 18.9. The molecule has 5 rings (SSSR count). The van der Waals surface area contributed by atoms with Crippen molar-refractivity contribution in [3.8, 4) is 0 Å². The number of aromatic nitrogens is 2. The molecule has 1 saturated heterocycles. The van der Waals surface area contributed by atoms with Crippen LogP contribution in [0.25, 0.3) is 0 Å². The van der Waals surface area contributed by atoms with Gasteiger partial charge in [0.25, 0.3) is 0 Å². The van der Waals surface area contributed by atoms with Gasteiger partial charge in [0.15, 0.2) is 5.11 Å². The molecule has 2 aromatic heterocycles. The van der Waals surface area contributed by atoms with Crippen molar-refractivity contribution in [2.75, 3.05) is 0 Å². The first-order valence-electron chi connectivity index (χ1n) is 11.0. The summed E-state index contributed by atoms with van der Waals surface area (Å²) in [5, 5.41) is 4.56. The van der Waals surface area contributed by atoms with Crippen molar-refractivity contribution in [3.63, 3.8) is 0 Å². The van der Waals surface area contributed by atoms with E-state index in [0.717, 1.165) is 10.8 Å². The number of hydrogen-bond acceptors (Lipinski definition) is 2. The summed E-state index contributed by atoms with van der Waals surface area (Å²) in [6, 6.07) is 12.3. The molecule has 1 N–H and O–H groups in total. The Hall–Kier alpha value is -1.88. The molecule has 2 saturated carbocycles. The summed E-state index contributed by atoms with van der Waals surface area (Å²) < 4.78 is 2.55. The minimum atomic E-state index is 0.116. The Labute approximate surface area is 173 Å². The van der Waals surface area contributed by atoms with Crippen molar-refractivity contribution in [2.24, 2.45) is 0 Å². The molecule has 4 nitrogen and oxygen atoms in total. The van der Waals surface area contributed by atoms with Crippen LogP contribution in [0.2, 0.25) is 0 Å². The van der Waals surface area contributed by atoms with Gasteiger partial charge in [0.05, 0.1) is 17.8 Å². The molecule has 2 aromatic rings. The van der Waals surface area contributed by atoms with Crippen LogP contribution in [-0.4, -0.2) is 25.6 Å². The largest absolute Gasteiger partial charge is 0.352 e. The summed E-state index contributed by atoms with van der Waals surface area (Å²) in [4.78, 5) is 7.24. The van der Waals surface area contributed by atoms with E-state index < -0.39 is 0 Å². The van der Waals surface area contributed by atoms with Crippen molar-refractivity contribution in [1.82, 2.24) is 19.8 Å². The van der Waals surface area contributed by atoms with Crippen molar-refractivity contribution >= 4 is 17.3 Å². The van der Waals surface area contributed by atoms with Crippen LogP contribution >= 0.6 is 12.2 Å². The topological polar surface area (TPSA) is 33.1 Å². The van der Waals surface area contributed by atoms with Crippen molar-refractivity contribution < 1.29 is 0 Å². The fourth-order valence-corrected chi connectivity index (χ4v) is 6.00. The average Bonchev–Trinajstić information content (AvgIpc) is 3.48. The maximum absolute atomic E-state index is 5.91. The lowest BCUT2D eigenvalue weighted by Gasteiger charge is -2.38. The van der Waals surface area contributed by atoms with E-state index in [1.165, 1.54) is 63.5 Å². The van der Waals surface area contributed by atoms with Gasteiger partial charge in [-0.3, -0.25) is 4.98 Å². The van der Waals surface area contributed by atoms with Gasteiger partial charge < -0.3 is 14.8 Å². The summed E-state index contributed by atoms with van der Waals surface area (Å²) in [5.41, 5.74) is 2.49. The van der Waals surface area contributed by atoms with Gasteiger partial charge in [-0.05, 0) is 62.2 Å².